The van der Waals surface area contributed by atoms with Gasteiger partial charge in [0.1, 0.15) is 16.7 Å². The Labute approximate surface area is 99.6 Å². The highest BCUT2D eigenvalue weighted by Gasteiger charge is 2.49. The minimum atomic E-state index is -4.03. The summed E-state index contributed by atoms with van der Waals surface area (Å²) in [6.07, 6.45) is 0. The van der Waals surface area contributed by atoms with Crippen LogP contribution >= 0.6 is 0 Å². The number of rotatable bonds is 5. The number of furan rings is 1. The van der Waals surface area contributed by atoms with Crippen LogP contribution in [0.5, 0.6) is 0 Å². The first-order chi connectivity index (χ1) is 8.30. The van der Waals surface area contributed by atoms with Crippen LogP contribution in [0, 0.1) is 10.1 Å². The molecule has 0 aromatic carbocycles. The first kappa shape index (κ1) is 14.0. The lowest BCUT2D eigenvalue weighted by Gasteiger charge is -2.19. The summed E-state index contributed by atoms with van der Waals surface area (Å²) in [4.78, 5) is 20.4. The topological polar surface area (TPSA) is 109 Å². The SMILES string of the molecule is CCOC(=O)C(F)(F)[C@@H](N)c1ccc([N+](=O)[O-])o1. The third-order valence-corrected chi connectivity index (χ3v) is 2.04. The number of carbonyl (C=O) groups excluding carboxylic acids is 1. The Bertz CT molecular complexity index is 460. The monoisotopic (exact) mass is 264 g/mol. The minimum Gasteiger partial charge on any atom is -0.462 e. The minimum absolute atomic E-state index is 0.237. The Morgan fingerprint density at radius 1 is 1.67 bits per heavy atom. The van der Waals surface area contributed by atoms with Gasteiger partial charge in [-0.15, -0.1) is 0 Å². The van der Waals surface area contributed by atoms with Crippen LogP contribution in [0.3, 0.4) is 0 Å². The van der Waals surface area contributed by atoms with Crippen LogP contribution in [-0.2, 0) is 9.53 Å². The summed E-state index contributed by atoms with van der Waals surface area (Å²) in [6, 6.07) is -0.364. The summed E-state index contributed by atoms with van der Waals surface area (Å²) < 4.78 is 35.6. The van der Waals surface area contributed by atoms with Gasteiger partial charge in [-0.25, -0.2) is 4.79 Å². The molecule has 0 saturated carbocycles. The van der Waals surface area contributed by atoms with Gasteiger partial charge >= 0.3 is 17.8 Å². The molecule has 0 amide bonds. The van der Waals surface area contributed by atoms with Gasteiger partial charge in [0.05, 0.1) is 12.7 Å². The van der Waals surface area contributed by atoms with Crippen molar-refractivity contribution >= 4 is 11.9 Å². The molecule has 1 aromatic heterocycles. The van der Waals surface area contributed by atoms with Crippen molar-refractivity contribution in [1.82, 2.24) is 0 Å². The molecule has 0 aliphatic heterocycles. The normalized spacial score (nSPS) is 13.1. The van der Waals surface area contributed by atoms with Gasteiger partial charge in [-0.3, -0.25) is 10.1 Å². The zero-order valence-corrected chi connectivity index (χ0v) is 9.26. The van der Waals surface area contributed by atoms with E-state index in [1.54, 1.807) is 0 Å². The Morgan fingerprint density at radius 2 is 2.28 bits per heavy atom. The smallest absolute Gasteiger partial charge is 0.433 e. The van der Waals surface area contributed by atoms with Gasteiger partial charge in [-0.05, 0) is 13.0 Å². The quantitative estimate of drug-likeness (QED) is 0.489. The molecule has 2 N–H and O–H groups in total. The molecule has 1 heterocycles. The molecule has 0 fully saturated rings. The molecule has 0 saturated heterocycles. The van der Waals surface area contributed by atoms with E-state index < -0.39 is 34.5 Å². The summed E-state index contributed by atoms with van der Waals surface area (Å²) in [5, 5.41) is 10.3. The standard InChI is InChI=1S/C9H10F2N2O5/c1-2-17-8(14)9(10,11)7(12)5-3-4-6(18-5)13(15)16/h3-4,7H,2,12H2,1H3/t7-/m0/s1. The number of esters is 1. The second-order valence-electron chi connectivity index (χ2n) is 3.25. The molecular formula is C9H10F2N2O5. The molecule has 7 nitrogen and oxygen atoms in total. The molecule has 0 aliphatic rings. The Balaban J connectivity index is 2.94. The van der Waals surface area contributed by atoms with Crippen LogP contribution in [0.1, 0.15) is 18.7 Å². The Morgan fingerprint density at radius 3 is 2.72 bits per heavy atom. The fraction of sp³-hybridized carbons (Fsp3) is 0.444. The Hall–Kier alpha value is -2.03. The molecule has 18 heavy (non-hydrogen) atoms. The largest absolute Gasteiger partial charge is 0.462 e. The van der Waals surface area contributed by atoms with Crippen LogP contribution < -0.4 is 5.73 Å². The number of ether oxygens (including phenoxy) is 1. The van der Waals surface area contributed by atoms with E-state index in [1.165, 1.54) is 6.92 Å². The lowest BCUT2D eigenvalue weighted by Crippen LogP contribution is -2.41. The van der Waals surface area contributed by atoms with Crippen LogP contribution in [0.4, 0.5) is 14.7 Å². The van der Waals surface area contributed by atoms with Crippen LogP contribution in [-0.4, -0.2) is 23.4 Å². The summed E-state index contributed by atoms with van der Waals surface area (Å²) in [5.74, 6) is -7.14. The average Bonchev–Trinajstić information content (AvgIpc) is 2.77. The molecule has 0 unspecified atom stereocenters. The summed E-state index contributed by atoms with van der Waals surface area (Å²) >= 11 is 0. The number of halogens is 2. The molecular weight excluding hydrogens is 254 g/mol. The molecule has 0 spiro atoms. The molecule has 0 aliphatic carbocycles. The van der Waals surface area contributed by atoms with Crippen molar-refractivity contribution in [3.63, 3.8) is 0 Å². The fourth-order valence-corrected chi connectivity index (χ4v) is 1.14. The zero-order valence-electron chi connectivity index (χ0n) is 9.26. The number of hydrogen-bond acceptors (Lipinski definition) is 6. The van der Waals surface area contributed by atoms with E-state index in [1.807, 2.05) is 0 Å². The van der Waals surface area contributed by atoms with Gasteiger partial charge in [0.15, 0.2) is 0 Å². The summed E-state index contributed by atoms with van der Waals surface area (Å²) in [6.45, 7) is 1.12. The first-order valence-corrected chi connectivity index (χ1v) is 4.85. The van der Waals surface area contributed by atoms with Crippen molar-refractivity contribution < 1.29 is 27.7 Å². The lowest BCUT2D eigenvalue weighted by molar-refractivity contribution is -0.402. The van der Waals surface area contributed by atoms with Crippen molar-refractivity contribution in [2.75, 3.05) is 6.61 Å². The molecule has 1 aromatic rings. The average molecular weight is 264 g/mol. The van der Waals surface area contributed by atoms with E-state index in [0.717, 1.165) is 12.1 Å². The van der Waals surface area contributed by atoms with Crippen molar-refractivity contribution in [3.05, 3.63) is 28.0 Å². The predicted octanol–water partition coefficient (Wildman–Crippen LogP) is 1.39. The van der Waals surface area contributed by atoms with Gasteiger partial charge in [0.25, 0.3) is 0 Å². The lowest BCUT2D eigenvalue weighted by atomic mass is 10.1. The Kier molecular flexibility index (Phi) is 3.96. The van der Waals surface area contributed by atoms with Gasteiger partial charge in [-0.2, -0.15) is 8.78 Å². The molecule has 1 rings (SSSR count). The van der Waals surface area contributed by atoms with E-state index in [9.17, 15) is 23.7 Å². The van der Waals surface area contributed by atoms with Crippen LogP contribution in [0.25, 0.3) is 0 Å². The highest BCUT2D eigenvalue weighted by molar-refractivity contribution is 5.78. The second-order valence-corrected chi connectivity index (χ2v) is 3.25. The number of hydrogen-bond donors (Lipinski definition) is 1. The van der Waals surface area contributed by atoms with Crippen molar-refractivity contribution in [1.29, 1.82) is 0 Å². The van der Waals surface area contributed by atoms with Crippen LogP contribution in [0.2, 0.25) is 0 Å². The van der Waals surface area contributed by atoms with Crippen molar-refractivity contribution in [2.45, 2.75) is 18.9 Å². The van der Waals surface area contributed by atoms with Crippen LogP contribution in [0.15, 0.2) is 16.5 Å². The third-order valence-electron chi connectivity index (χ3n) is 2.04. The maximum absolute atomic E-state index is 13.5. The van der Waals surface area contributed by atoms with Crippen molar-refractivity contribution in [3.8, 4) is 0 Å². The highest BCUT2D eigenvalue weighted by Crippen LogP contribution is 2.32. The predicted molar refractivity (Wildman–Crippen MR) is 53.9 cm³/mol. The molecule has 9 heteroatoms. The van der Waals surface area contributed by atoms with Gasteiger partial charge < -0.3 is 14.9 Å². The van der Waals surface area contributed by atoms with Gasteiger partial charge in [-0.1, -0.05) is 0 Å². The fourth-order valence-electron chi connectivity index (χ4n) is 1.14. The maximum atomic E-state index is 13.5. The van der Waals surface area contributed by atoms with E-state index in [2.05, 4.69) is 9.15 Å². The molecule has 100 valence electrons. The summed E-state index contributed by atoms with van der Waals surface area (Å²) in [5.41, 5.74) is 5.15. The first-order valence-electron chi connectivity index (χ1n) is 4.85. The number of nitrogens with zero attached hydrogens (tertiary/aromatic N) is 1. The molecule has 0 bridgehead atoms. The van der Waals surface area contributed by atoms with Gasteiger partial charge in [0.2, 0.25) is 0 Å². The van der Waals surface area contributed by atoms with E-state index in [4.69, 9.17) is 5.73 Å². The van der Waals surface area contributed by atoms with E-state index >= 15 is 0 Å². The van der Waals surface area contributed by atoms with E-state index in [-0.39, 0.29) is 6.61 Å². The molecule has 0 radical (unpaired) electrons. The third kappa shape index (κ3) is 2.62. The highest BCUT2D eigenvalue weighted by atomic mass is 19.3. The maximum Gasteiger partial charge on any atom is 0.433 e. The van der Waals surface area contributed by atoms with Crippen molar-refractivity contribution in [2.24, 2.45) is 5.73 Å². The number of nitrogens with two attached hydrogens (primary N) is 1. The number of carbonyl (C=O) groups is 1. The number of alkyl halides is 2. The second kappa shape index (κ2) is 5.08. The van der Waals surface area contributed by atoms with E-state index in [0.29, 0.717) is 0 Å². The van der Waals surface area contributed by atoms with Gasteiger partial charge in [0, 0.05) is 0 Å². The summed E-state index contributed by atoms with van der Waals surface area (Å²) in [7, 11) is 0. The number of nitro groups is 1. The zero-order chi connectivity index (χ0) is 13.9. The molecule has 1 atom stereocenters.